The van der Waals surface area contributed by atoms with Gasteiger partial charge < -0.3 is 20.1 Å². The maximum atomic E-state index is 12.3. The third kappa shape index (κ3) is 4.92. The molecule has 0 bridgehead atoms. The van der Waals surface area contributed by atoms with Gasteiger partial charge in [-0.25, -0.2) is 4.79 Å². The lowest BCUT2D eigenvalue weighted by Crippen LogP contribution is -2.32. The van der Waals surface area contributed by atoms with Gasteiger partial charge in [0.2, 0.25) is 0 Å². The van der Waals surface area contributed by atoms with Crippen molar-refractivity contribution in [2.75, 3.05) is 6.54 Å². The molecule has 1 aromatic heterocycles. The number of hydrogen-bond acceptors (Lipinski definition) is 3. The molecule has 3 N–H and O–H groups in total. The molecule has 9 heteroatoms. The van der Waals surface area contributed by atoms with Crippen molar-refractivity contribution in [1.29, 1.82) is 0 Å². The van der Waals surface area contributed by atoms with Crippen LogP contribution < -0.4 is 5.32 Å². The first kappa shape index (κ1) is 16.0. The Kier molecular flexibility index (Phi) is 5.14. The van der Waals surface area contributed by atoms with Gasteiger partial charge >= 0.3 is 12.1 Å². The Morgan fingerprint density at radius 2 is 2.05 bits per heavy atom. The van der Waals surface area contributed by atoms with Gasteiger partial charge in [-0.1, -0.05) is 0 Å². The fourth-order valence-electron chi connectivity index (χ4n) is 1.49. The average Bonchev–Trinajstić information content (AvgIpc) is 2.74. The van der Waals surface area contributed by atoms with Crippen molar-refractivity contribution >= 4 is 11.9 Å². The third-order valence-corrected chi connectivity index (χ3v) is 2.40. The van der Waals surface area contributed by atoms with Gasteiger partial charge in [-0.05, 0) is 12.1 Å². The summed E-state index contributed by atoms with van der Waals surface area (Å²) in [6.07, 6.45) is -5.19. The first-order valence-corrected chi connectivity index (χ1v) is 5.61. The quantitative estimate of drug-likeness (QED) is 0.717. The van der Waals surface area contributed by atoms with Crippen molar-refractivity contribution in [2.24, 2.45) is 0 Å². The summed E-state index contributed by atoms with van der Waals surface area (Å²) in [6, 6.07) is 2.52. The van der Waals surface area contributed by atoms with E-state index in [0.717, 1.165) is 10.8 Å². The summed E-state index contributed by atoms with van der Waals surface area (Å²) in [5.41, 5.74) is -0.188. The second kappa shape index (κ2) is 6.42. The van der Waals surface area contributed by atoms with Crippen molar-refractivity contribution < 1.29 is 33.0 Å². The Morgan fingerprint density at radius 1 is 1.40 bits per heavy atom. The van der Waals surface area contributed by atoms with E-state index in [1.165, 1.54) is 12.1 Å². The first-order valence-electron chi connectivity index (χ1n) is 5.61. The van der Waals surface area contributed by atoms with E-state index >= 15 is 0 Å². The lowest BCUT2D eigenvalue weighted by Gasteiger charge is -2.12. The topological polar surface area (TPSA) is 91.6 Å². The third-order valence-electron chi connectivity index (χ3n) is 2.40. The molecular weight excluding hydrogens is 281 g/mol. The Bertz CT molecular complexity index is 484. The first-order chi connectivity index (χ1) is 9.20. The van der Waals surface area contributed by atoms with Gasteiger partial charge in [0, 0.05) is 19.2 Å². The Hall–Kier alpha value is -2.03. The summed E-state index contributed by atoms with van der Waals surface area (Å²) in [4.78, 5) is 22.0. The number of halogens is 3. The van der Waals surface area contributed by atoms with Crippen LogP contribution in [0, 0.1) is 0 Å². The molecule has 0 unspecified atom stereocenters. The van der Waals surface area contributed by atoms with Crippen molar-refractivity contribution in [1.82, 2.24) is 9.88 Å². The van der Waals surface area contributed by atoms with Gasteiger partial charge in [-0.3, -0.25) is 4.79 Å². The van der Waals surface area contributed by atoms with E-state index in [9.17, 15) is 22.8 Å². The summed E-state index contributed by atoms with van der Waals surface area (Å²) in [5.74, 6) is -2.20. The number of hydrogen-bond donors (Lipinski definition) is 3. The van der Waals surface area contributed by atoms with Gasteiger partial charge in [-0.2, -0.15) is 13.2 Å². The van der Waals surface area contributed by atoms with Crippen LogP contribution in [-0.4, -0.2) is 45.5 Å². The molecule has 0 aliphatic rings. The molecule has 1 rings (SSSR count). The van der Waals surface area contributed by atoms with Crippen LogP contribution in [0.4, 0.5) is 13.2 Å². The average molecular weight is 294 g/mol. The second-order valence-electron chi connectivity index (χ2n) is 4.04. The predicted molar refractivity (Wildman–Crippen MR) is 61.1 cm³/mol. The van der Waals surface area contributed by atoms with Crippen molar-refractivity contribution in [3.8, 4) is 0 Å². The molecule has 6 nitrogen and oxygen atoms in total. The molecule has 0 radical (unpaired) electrons. The number of nitrogens with one attached hydrogen (secondary N) is 1. The number of carbonyl (C=O) groups excluding carboxylic acids is 1. The Balaban J connectivity index is 2.56. The number of carboxylic acids is 1. The molecule has 0 saturated heterocycles. The number of aromatic nitrogens is 1. The summed E-state index contributed by atoms with van der Waals surface area (Å²) in [6.45, 7) is -1.45. The number of aliphatic hydroxyl groups is 1. The zero-order valence-electron chi connectivity index (χ0n) is 10.2. The summed E-state index contributed by atoms with van der Waals surface area (Å²) in [7, 11) is 0. The van der Waals surface area contributed by atoms with Crippen LogP contribution >= 0.6 is 0 Å². The fourth-order valence-corrected chi connectivity index (χ4v) is 1.49. The van der Waals surface area contributed by atoms with E-state index in [0.29, 0.717) is 0 Å². The van der Waals surface area contributed by atoms with Gasteiger partial charge in [0.25, 0.3) is 5.91 Å². The van der Waals surface area contributed by atoms with E-state index in [1.807, 2.05) is 0 Å². The zero-order valence-corrected chi connectivity index (χ0v) is 10.2. The minimum atomic E-state index is -4.45. The van der Waals surface area contributed by atoms with E-state index in [4.69, 9.17) is 10.2 Å². The maximum Gasteiger partial charge on any atom is 0.406 e. The molecule has 0 aliphatic heterocycles. The Morgan fingerprint density at radius 3 is 2.60 bits per heavy atom. The molecule has 1 heterocycles. The monoisotopic (exact) mass is 294 g/mol. The van der Waals surface area contributed by atoms with E-state index in [2.05, 4.69) is 5.32 Å². The number of carboxylic acid groups (broad SMARTS) is 1. The minimum Gasteiger partial charge on any atom is -0.479 e. The number of aliphatic carboxylic acids is 1. The van der Waals surface area contributed by atoms with Crippen LogP contribution in [0.1, 0.15) is 16.9 Å². The number of nitrogens with zero attached hydrogens (tertiary/aromatic N) is 1. The van der Waals surface area contributed by atoms with Crippen LogP contribution in [0.25, 0.3) is 0 Å². The molecule has 0 aromatic carbocycles. The van der Waals surface area contributed by atoms with Gasteiger partial charge in [0.1, 0.15) is 12.2 Å². The molecule has 0 spiro atoms. The fraction of sp³-hybridized carbons (Fsp3) is 0.455. The van der Waals surface area contributed by atoms with Gasteiger partial charge in [0.15, 0.2) is 6.10 Å². The number of rotatable bonds is 6. The SMILES string of the molecule is O=C(NCC[C@H](O)C(=O)O)c1cccn1CC(F)(F)F. The molecule has 1 aromatic rings. The lowest BCUT2D eigenvalue weighted by atomic mass is 10.2. The number of alkyl halides is 3. The second-order valence-corrected chi connectivity index (χ2v) is 4.04. The van der Waals surface area contributed by atoms with Crippen LogP contribution in [0.15, 0.2) is 18.3 Å². The van der Waals surface area contributed by atoms with Crippen molar-refractivity contribution in [3.63, 3.8) is 0 Å². The van der Waals surface area contributed by atoms with Crippen LogP contribution in [0.5, 0.6) is 0 Å². The van der Waals surface area contributed by atoms with Gasteiger partial charge in [0.05, 0.1) is 0 Å². The molecular formula is C11H13F3N2O4. The highest BCUT2D eigenvalue weighted by Crippen LogP contribution is 2.18. The number of amides is 1. The molecule has 0 aliphatic carbocycles. The van der Waals surface area contributed by atoms with Crippen molar-refractivity contribution in [2.45, 2.75) is 25.2 Å². The number of aliphatic hydroxyl groups excluding tert-OH is 1. The maximum absolute atomic E-state index is 12.3. The smallest absolute Gasteiger partial charge is 0.406 e. The highest BCUT2D eigenvalue weighted by molar-refractivity contribution is 5.92. The molecule has 1 amide bonds. The largest absolute Gasteiger partial charge is 0.479 e. The van der Waals surface area contributed by atoms with E-state index in [-0.39, 0.29) is 18.7 Å². The molecule has 112 valence electrons. The predicted octanol–water partition coefficient (Wildman–Crippen LogP) is 0.616. The van der Waals surface area contributed by atoms with E-state index in [1.54, 1.807) is 0 Å². The molecule has 1 atom stereocenters. The highest BCUT2D eigenvalue weighted by Gasteiger charge is 2.29. The van der Waals surface area contributed by atoms with Crippen LogP contribution in [0.2, 0.25) is 0 Å². The van der Waals surface area contributed by atoms with Crippen LogP contribution in [-0.2, 0) is 11.3 Å². The lowest BCUT2D eigenvalue weighted by molar-refractivity contribution is -0.146. The highest BCUT2D eigenvalue weighted by atomic mass is 19.4. The molecule has 0 fully saturated rings. The summed E-state index contributed by atoms with van der Waals surface area (Å²) in [5, 5.41) is 19.6. The van der Waals surface area contributed by atoms with Gasteiger partial charge in [-0.15, -0.1) is 0 Å². The summed E-state index contributed by atoms with van der Waals surface area (Å²) < 4.78 is 37.5. The normalized spacial score (nSPS) is 13.0. The zero-order chi connectivity index (χ0) is 15.3. The molecule has 20 heavy (non-hydrogen) atoms. The van der Waals surface area contributed by atoms with E-state index < -0.39 is 30.7 Å². The van der Waals surface area contributed by atoms with Crippen molar-refractivity contribution in [3.05, 3.63) is 24.0 Å². The minimum absolute atomic E-state index is 0.163. The molecule has 0 saturated carbocycles. The number of carbonyl (C=O) groups is 2. The summed E-state index contributed by atoms with van der Waals surface area (Å²) >= 11 is 0. The standard InChI is InChI=1S/C11H13F3N2O4/c12-11(13,14)6-16-5-1-2-7(16)9(18)15-4-3-8(17)10(19)20/h1-2,5,8,17H,3-4,6H2,(H,15,18)(H,19,20)/t8-/m0/s1. The van der Waals surface area contributed by atoms with Crippen LogP contribution in [0.3, 0.4) is 0 Å². The Labute approximate surface area is 111 Å².